The molecule has 3 heterocycles. The fourth-order valence-corrected chi connectivity index (χ4v) is 4.32. The van der Waals surface area contributed by atoms with Gasteiger partial charge in [0.2, 0.25) is 23.1 Å². The highest BCUT2D eigenvalue weighted by molar-refractivity contribution is 7.77. The number of fused-ring (bicyclic) bond motifs is 3. The first kappa shape index (κ1) is 21.1. The van der Waals surface area contributed by atoms with E-state index in [1.165, 1.54) is 0 Å². The van der Waals surface area contributed by atoms with E-state index in [0.29, 0.717) is 45.8 Å². The SMILES string of the molecule is CC(C)COc1ncc(N2C(=O)C3(CC3)c3cc4c(NNS(=O)O)noc4cc32)cc1Cl. The van der Waals surface area contributed by atoms with Crippen LogP contribution in [0.1, 0.15) is 32.3 Å². The topological polar surface area (TPSA) is 130 Å². The number of rotatable bonds is 7. The third kappa shape index (κ3) is 3.41. The smallest absolute Gasteiger partial charge is 0.250 e. The summed E-state index contributed by atoms with van der Waals surface area (Å²) in [6.45, 7) is 4.54. The molecular weight excluding hydrogens is 458 g/mol. The third-order valence-electron chi connectivity index (χ3n) is 5.57. The Hall–Kier alpha value is -2.73. The van der Waals surface area contributed by atoms with Gasteiger partial charge in [-0.2, -0.15) is 0 Å². The van der Waals surface area contributed by atoms with E-state index in [9.17, 15) is 9.00 Å². The fraction of sp³-hybridized carbons (Fsp3) is 0.350. The van der Waals surface area contributed by atoms with Crippen molar-refractivity contribution in [3.63, 3.8) is 0 Å². The van der Waals surface area contributed by atoms with E-state index < -0.39 is 16.7 Å². The molecule has 0 saturated heterocycles. The van der Waals surface area contributed by atoms with Gasteiger partial charge < -0.3 is 9.26 Å². The largest absolute Gasteiger partial charge is 0.476 e. The van der Waals surface area contributed by atoms with E-state index in [1.54, 1.807) is 23.2 Å². The Morgan fingerprint density at radius 1 is 1.38 bits per heavy atom. The molecule has 1 aliphatic carbocycles. The number of nitrogens with one attached hydrogen (secondary N) is 2. The van der Waals surface area contributed by atoms with Gasteiger partial charge in [-0.3, -0.25) is 19.7 Å². The summed E-state index contributed by atoms with van der Waals surface area (Å²) < 4.78 is 30.9. The monoisotopic (exact) mass is 477 g/mol. The summed E-state index contributed by atoms with van der Waals surface area (Å²) in [5, 5.41) is 4.82. The molecule has 1 fully saturated rings. The molecule has 3 aromatic rings. The number of hydrogen-bond acceptors (Lipinski definition) is 7. The number of carbonyl (C=O) groups is 1. The van der Waals surface area contributed by atoms with Gasteiger partial charge in [0.05, 0.1) is 35.0 Å². The molecule has 1 spiro atoms. The molecule has 1 amide bonds. The quantitative estimate of drug-likeness (QED) is 0.347. The Morgan fingerprint density at radius 2 is 2.16 bits per heavy atom. The van der Waals surface area contributed by atoms with Crippen molar-refractivity contribution < 1.29 is 22.8 Å². The Morgan fingerprint density at radius 3 is 2.81 bits per heavy atom. The number of benzene rings is 1. The number of ether oxygens (including phenoxy) is 1. The second-order valence-corrected chi connectivity index (χ2v) is 9.39. The molecule has 1 atom stereocenters. The van der Waals surface area contributed by atoms with Crippen LogP contribution in [0.5, 0.6) is 5.88 Å². The number of nitrogens with zero attached hydrogens (tertiary/aromatic N) is 3. The number of anilines is 3. The zero-order valence-corrected chi connectivity index (χ0v) is 18.8. The minimum Gasteiger partial charge on any atom is -0.476 e. The second kappa shape index (κ2) is 7.69. The molecule has 168 valence electrons. The lowest BCUT2D eigenvalue weighted by molar-refractivity contribution is -0.119. The lowest BCUT2D eigenvalue weighted by Gasteiger charge is -2.19. The average molecular weight is 478 g/mol. The summed E-state index contributed by atoms with van der Waals surface area (Å²) in [7, 11) is 0. The van der Waals surface area contributed by atoms with Gasteiger partial charge in [-0.1, -0.05) is 30.6 Å². The predicted octanol–water partition coefficient (Wildman–Crippen LogP) is 3.67. The summed E-state index contributed by atoms with van der Waals surface area (Å²) in [6, 6.07) is 5.25. The van der Waals surface area contributed by atoms with Gasteiger partial charge in [0, 0.05) is 6.07 Å². The third-order valence-corrected chi connectivity index (χ3v) is 6.12. The van der Waals surface area contributed by atoms with Crippen molar-refractivity contribution in [2.75, 3.05) is 16.9 Å². The molecule has 0 radical (unpaired) electrons. The maximum Gasteiger partial charge on any atom is 0.250 e. The summed E-state index contributed by atoms with van der Waals surface area (Å²) in [5.74, 6) is 0.854. The molecule has 1 aliphatic heterocycles. The van der Waals surface area contributed by atoms with Gasteiger partial charge in [-0.05, 0) is 36.5 Å². The van der Waals surface area contributed by atoms with Gasteiger partial charge in [0.1, 0.15) is 5.02 Å². The van der Waals surface area contributed by atoms with Crippen molar-refractivity contribution in [2.24, 2.45) is 5.92 Å². The maximum atomic E-state index is 13.4. The molecular formula is C20H20ClN5O5S. The number of hydrazine groups is 1. The number of aromatic nitrogens is 2. The van der Waals surface area contributed by atoms with Crippen LogP contribution in [0.2, 0.25) is 5.02 Å². The molecule has 1 aromatic carbocycles. The van der Waals surface area contributed by atoms with E-state index in [4.69, 9.17) is 25.4 Å². The normalized spacial score (nSPS) is 17.3. The highest BCUT2D eigenvalue weighted by Crippen LogP contribution is 2.60. The summed E-state index contributed by atoms with van der Waals surface area (Å²) >= 11 is 4.12. The van der Waals surface area contributed by atoms with Gasteiger partial charge >= 0.3 is 0 Å². The number of hydrogen-bond donors (Lipinski definition) is 3. The Balaban J connectivity index is 1.54. The Labute approximate surface area is 190 Å². The lowest BCUT2D eigenvalue weighted by Crippen LogP contribution is -2.28. The van der Waals surface area contributed by atoms with Crippen LogP contribution in [-0.2, 0) is 21.5 Å². The zero-order chi connectivity index (χ0) is 22.6. The van der Waals surface area contributed by atoms with Crippen molar-refractivity contribution in [3.05, 3.63) is 35.0 Å². The first-order valence-corrected chi connectivity index (χ1v) is 11.5. The standard InChI is InChI=1S/C20H20ClN5O5S/c1-10(2)9-30-18-14(21)5-11(8-22-18)26-15-7-16-12(17(24-31-16)23-25-32(28)29)6-13(15)20(3-4-20)19(26)27/h5-8,10,25H,3-4,9H2,1-2H3,(H,23,24)(H,28,29). The molecule has 12 heteroatoms. The van der Waals surface area contributed by atoms with Crippen LogP contribution in [0.4, 0.5) is 17.2 Å². The van der Waals surface area contributed by atoms with Crippen molar-refractivity contribution >= 4 is 56.9 Å². The van der Waals surface area contributed by atoms with Crippen LogP contribution in [0.3, 0.4) is 0 Å². The predicted molar refractivity (Wildman–Crippen MR) is 119 cm³/mol. The van der Waals surface area contributed by atoms with E-state index >= 15 is 0 Å². The first-order valence-electron chi connectivity index (χ1n) is 9.99. The van der Waals surface area contributed by atoms with Crippen LogP contribution in [0, 0.1) is 5.92 Å². The molecule has 1 saturated carbocycles. The van der Waals surface area contributed by atoms with Crippen LogP contribution < -0.4 is 19.9 Å². The van der Waals surface area contributed by atoms with Crippen LogP contribution in [0.15, 0.2) is 28.9 Å². The van der Waals surface area contributed by atoms with E-state index in [-0.39, 0.29) is 11.7 Å². The van der Waals surface area contributed by atoms with Gasteiger partial charge in [-0.25, -0.2) is 9.19 Å². The average Bonchev–Trinajstić information content (AvgIpc) is 3.40. The molecule has 1 unspecified atom stereocenters. The maximum absolute atomic E-state index is 13.4. The Bertz CT molecular complexity index is 1260. The van der Waals surface area contributed by atoms with Crippen molar-refractivity contribution in [3.8, 4) is 5.88 Å². The van der Waals surface area contributed by atoms with Crippen molar-refractivity contribution in [1.82, 2.24) is 15.0 Å². The van der Waals surface area contributed by atoms with E-state index in [2.05, 4.69) is 20.4 Å². The summed E-state index contributed by atoms with van der Waals surface area (Å²) in [6.07, 6.45) is 3.03. The molecule has 32 heavy (non-hydrogen) atoms. The number of halogens is 1. The summed E-state index contributed by atoms with van der Waals surface area (Å²) in [5.41, 5.74) is 4.43. The van der Waals surface area contributed by atoms with Crippen LogP contribution in [-0.4, -0.2) is 31.4 Å². The lowest BCUT2D eigenvalue weighted by atomic mass is 9.96. The fourth-order valence-electron chi connectivity index (χ4n) is 3.92. The van der Waals surface area contributed by atoms with Crippen LogP contribution >= 0.6 is 11.6 Å². The minimum absolute atomic E-state index is 0.0501. The van der Waals surface area contributed by atoms with Gasteiger partial charge in [-0.15, -0.1) is 4.83 Å². The van der Waals surface area contributed by atoms with Gasteiger partial charge in [0.25, 0.3) is 0 Å². The molecule has 10 nitrogen and oxygen atoms in total. The zero-order valence-electron chi connectivity index (χ0n) is 17.2. The van der Waals surface area contributed by atoms with Crippen molar-refractivity contribution in [1.29, 1.82) is 0 Å². The minimum atomic E-state index is -2.28. The van der Waals surface area contributed by atoms with E-state index in [1.807, 2.05) is 19.9 Å². The number of pyridine rings is 1. The highest BCUT2D eigenvalue weighted by atomic mass is 35.5. The summed E-state index contributed by atoms with van der Waals surface area (Å²) in [4.78, 5) is 21.5. The Kier molecular flexibility index (Phi) is 5.08. The van der Waals surface area contributed by atoms with Gasteiger partial charge in [0.15, 0.2) is 11.4 Å². The highest BCUT2D eigenvalue weighted by Gasteiger charge is 2.60. The first-order chi connectivity index (χ1) is 15.3. The number of carbonyl (C=O) groups excluding carboxylic acids is 1. The molecule has 0 bridgehead atoms. The van der Waals surface area contributed by atoms with E-state index in [0.717, 1.165) is 18.4 Å². The second-order valence-electron chi connectivity index (χ2n) is 8.28. The number of amides is 1. The van der Waals surface area contributed by atoms with Crippen LogP contribution in [0.25, 0.3) is 11.0 Å². The molecule has 2 aromatic heterocycles. The van der Waals surface area contributed by atoms with Crippen molar-refractivity contribution in [2.45, 2.75) is 32.1 Å². The molecule has 3 N–H and O–H groups in total. The molecule has 2 aliphatic rings. The molecule has 5 rings (SSSR count).